The highest BCUT2D eigenvalue weighted by atomic mass is 16.5. The Kier molecular flexibility index (Phi) is 3.35. The molecule has 0 saturated heterocycles. The van der Waals surface area contributed by atoms with Crippen LogP contribution in [0.4, 0.5) is 0 Å². The van der Waals surface area contributed by atoms with Crippen molar-refractivity contribution in [3.05, 3.63) is 53.1 Å². The molecule has 0 aliphatic rings. The number of aromatic nitrogens is 3. The van der Waals surface area contributed by atoms with Crippen molar-refractivity contribution < 1.29 is 18.8 Å². The number of hydrogen-bond acceptors (Lipinski definition) is 6. The standard InChI is InChI=1S/C18H13N3O4/c1-9-3-4-10(2)14-13(9)19-16(24-14)17-20-15(21-25-17)11-5-7-12(8-6-11)18(22)23/h3-8H,1-2H3,(H,22,23). The molecular weight excluding hydrogens is 322 g/mol. The van der Waals surface area contributed by atoms with Gasteiger partial charge in [0.25, 0.3) is 5.89 Å². The van der Waals surface area contributed by atoms with Gasteiger partial charge in [-0.15, -0.1) is 0 Å². The zero-order valence-corrected chi connectivity index (χ0v) is 13.5. The Morgan fingerprint density at radius 1 is 0.960 bits per heavy atom. The van der Waals surface area contributed by atoms with Crippen LogP contribution < -0.4 is 0 Å². The van der Waals surface area contributed by atoms with Gasteiger partial charge in [-0.1, -0.05) is 29.4 Å². The van der Waals surface area contributed by atoms with Gasteiger partial charge in [-0.25, -0.2) is 9.78 Å². The number of aryl methyl sites for hydroxylation is 2. The SMILES string of the molecule is Cc1ccc(C)c2oc(-c3nc(-c4ccc(C(=O)O)cc4)no3)nc12. The lowest BCUT2D eigenvalue weighted by Gasteiger charge is -1.95. The predicted octanol–water partition coefficient (Wildman–Crippen LogP) is 3.86. The second kappa shape index (κ2) is 5.55. The quantitative estimate of drug-likeness (QED) is 0.606. The third-order valence-corrected chi connectivity index (χ3v) is 3.94. The summed E-state index contributed by atoms with van der Waals surface area (Å²) in [4.78, 5) is 19.7. The Bertz CT molecular complexity index is 1050. The van der Waals surface area contributed by atoms with E-state index >= 15 is 0 Å². The monoisotopic (exact) mass is 335 g/mol. The molecule has 0 unspecified atom stereocenters. The smallest absolute Gasteiger partial charge is 0.335 e. The van der Waals surface area contributed by atoms with Gasteiger partial charge in [0.1, 0.15) is 5.52 Å². The zero-order chi connectivity index (χ0) is 17.6. The molecule has 2 heterocycles. The van der Waals surface area contributed by atoms with Gasteiger partial charge >= 0.3 is 11.9 Å². The van der Waals surface area contributed by atoms with Gasteiger partial charge in [0.15, 0.2) is 5.58 Å². The number of carboxylic acids is 1. The molecule has 0 radical (unpaired) electrons. The molecule has 7 nitrogen and oxygen atoms in total. The Morgan fingerprint density at radius 3 is 2.36 bits per heavy atom. The van der Waals surface area contributed by atoms with E-state index < -0.39 is 5.97 Å². The van der Waals surface area contributed by atoms with E-state index in [2.05, 4.69) is 15.1 Å². The van der Waals surface area contributed by atoms with Gasteiger partial charge in [-0.05, 0) is 37.1 Å². The van der Waals surface area contributed by atoms with Gasteiger partial charge in [0, 0.05) is 5.56 Å². The summed E-state index contributed by atoms with van der Waals surface area (Å²) in [5.74, 6) is -0.221. The van der Waals surface area contributed by atoms with Crippen LogP contribution in [-0.4, -0.2) is 26.2 Å². The van der Waals surface area contributed by atoms with Crippen molar-refractivity contribution in [2.45, 2.75) is 13.8 Å². The minimum Gasteiger partial charge on any atom is -0.478 e. The molecule has 0 atom stereocenters. The first-order valence-electron chi connectivity index (χ1n) is 7.57. The topological polar surface area (TPSA) is 102 Å². The Hall–Kier alpha value is -3.48. The summed E-state index contributed by atoms with van der Waals surface area (Å²) >= 11 is 0. The summed E-state index contributed by atoms with van der Waals surface area (Å²) in [5.41, 5.74) is 4.27. The Morgan fingerprint density at radius 2 is 1.68 bits per heavy atom. The van der Waals surface area contributed by atoms with Crippen molar-refractivity contribution >= 4 is 17.1 Å². The molecule has 25 heavy (non-hydrogen) atoms. The maximum atomic E-state index is 10.9. The second-order valence-corrected chi connectivity index (χ2v) is 5.70. The summed E-state index contributed by atoms with van der Waals surface area (Å²) in [6.45, 7) is 3.90. The number of hydrogen-bond donors (Lipinski definition) is 1. The molecule has 0 aliphatic carbocycles. The first-order valence-corrected chi connectivity index (χ1v) is 7.57. The predicted molar refractivity (Wildman–Crippen MR) is 89.2 cm³/mol. The zero-order valence-electron chi connectivity index (χ0n) is 13.5. The van der Waals surface area contributed by atoms with Crippen LogP contribution in [0, 0.1) is 13.8 Å². The first kappa shape index (κ1) is 15.1. The molecule has 0 bridgehead atoms. The third-order valence-electron chi connectivity index (χ3n) is 3.94. The van der Waals surface area contributed by atoms with E-state index in [0.29, 0.717) is 17.0 Å². The average molecular weight is 335 g/mol. The van der Waals surface area contributed by atoms with Gasteiger partial charge in [0.05, 0.1) is 5.56 Å². The summed E-state index contributed by atoms with van der Waals surface area (Å²) in [6, 6.07) is 10.2. The maximum absolute atomic E-state index is 10.9. The molecule has 0 saturated carbocycles. The number of carboxylic acid groups (broad SMARTS) is 1. The van der Waals surface area contributed by atoms with E-state index in [0.717, 1.165) is 16.6 Å². The molecule has 4 aromatic rings. The van der Waals surface area contributed by atoms with Gasteiger partial charge < -0.3 is 14.0 Å². The molecule has 0 aliphatic heterocycles. The number of fused-ring (bicyclic) bond motifs is 1. The van der Waals surface area contributed by atoms with Crippen molar-refractivity contribution in [3.63, 3.8) is 0 Å². The fourth-order valence-electron chi connectivity index (χ4n) is 2.54. The van der Waals surface area contributed by atoms with Crippen molar-refractivity contribution in [2.24, 2.45) is 0 Å². The van der Waals surface area contributed by atoms with E-state index in [9.17, 15) is 4.79 Å². The summed E-state index contributed by atoms with van der Waals surface area (Å²) in [5, 5.41) is 12.9. The van der Waals surface area contributed by atoms with Crippen molar-refractivity contribution in [2.75, 3.05) is 0 Å². The van der Waals surface area contributed by atoms with Crippen LogP contribution in [0.2, 0.25) is 0 Å². The lowest BCUT2D eigenvalue weighted by Crippen LogP contribution is -1.95. The highest BCUT2D eigenvalue weighted by molar-refractivity contribution is 5.88. The third kappa shape index (κ3) is 2.55. The molecule has 4 rings (SSSR count). The molecule has 2 aromatic heterocycles. The second-order valence-electron chi connectivity index (χ2n) is 5.70. The molecule has 0 amide bonds. The van der Waals surface area contributed by atoms with Gasteiger partial charge in [0.2, 0.25) is 5.82 Å². The van der Waals surface area contributed by atoms with E-state index in [1.165, 1.54) is 12.1 Å². The van der Waals surface area contributed by atoms with E-state index in [1.54, 1.807) is 12.1 Å². The number of oxazole rings is 1. The van der Waals surface area contributed by atoms with Crippen LogP contribution in [0.5, 0.6) is 0 Å². The van der Waals surface area contributed by atoms with Crippen LogP contribution in [0.15, 0.2) is 45.3 Å². The van der Waals surface area contributed by atoms with Gasteiger partial charge in [-0.3, -0.25) is 0 Å². The molecule has 2 aromatic carbocycles. The summed E-state index contributed by atoms with van der Waals surface area (Å²) in [6.07, 6.45) is 0. The van der Waals surface area contributed by atoms with Crippen LogP contribution in [0.25, 0.3) is 34.3 Å². The molecule has 1 N–H and O–H groups in total. The molecule has 124 valence electrons. The minimum absolute atomic E-state index is 0.173. The highest BCUT2D eigenvalue weighted by Gasteiger charge is 2.18. The molecular formula is C18H13N3O4. The summed E-state index contributed by atoms with van der Waals surface area (Å²) < 4.78 is 11.0. The van der Waals surface area contributed by atoms with E-state index in [-0.39, 0.29) is 17.3 Å². The van der Waals surface area contributed by atoms with Crippen molar-refractivity contribution in [1.29, 1.82) is 0 Å². The molecule has 7 heteroatoms. The Balaban J connectivity index is 1.73. The highest BCUT2D eigenvalue weighted by Crippen LogP contribution is 2.28. The number of nitrogens with zero attached hydrogens (tertiary/aromatic N) is 3. The lowest BCUT2D eigenvalue weighted by molar-refractivity contribution is 0.0697. The fourth-order valence-corrected chi connectivity index (χ4v) is 2.54. The number of benzene rings is 2. The van der Waals surface area contributed by atoms with Crippen molar-refractivity contribution in [3.8, 4) is 23.2 Å². The van der Waals surface area contributed by atoms with Crippen LogP contribution in [0.3, 0.4) is 0 Å². The average Bonchev–Trinajstić information content (AvgIpc) is 3.26. The van der Waals surface area contributed by atoms with E-state index in [4.69, 9.17) is 14.0 Å². The maximum Gasteiger partial charge on any atom is 0.335 e. The molecule has 0 fully saturated rings. The largest absolute Gasteiger partial charge is 0.478 e. The number of aromatic carboxylic acids is 1. The fraction of sp³-hybridized carbons (Fsp3) is 0.111. The van der Waals surface area contributed by atoms with Crippen molar-refractivity contribution in [1.82, 2.24) is 15.1 Å². The first-order chi connectivity index (χ1) is 12.0. The number of carbonyl (C=O) groups is 1. The van der Waals surface area contributed by atoms with Crippen LogP contribution >= 0.6 is 0 Å². The number of rotatable bonds is 3. The summed E-state index contributed by atoms with van der Waals surface area (Å²) in [7, 11) is 0. The van der Waals surface area contributed by atoms with E-state index in [1.807, 2.05) is 26.0 Å². The Labute approximate surface area is 141 Å². The van der Waals surface area contributed by atoms with Gasteiger partial charge in [-0.2, -0.15) is 4.98 Å². The van der Waals surface area contributed by atoms with Crippen LogP contribution in [-0.2, 0) is 0 Å². The van der Waals surface area contributed by atoms with Crippen LogP contribution in [0.1, 0.15) is 21.5 Å². The normalized spacial score (nSPS) is 11.1. The minimum atomic E-state index is -0.988. The molecule has 0 spiro atoms. The lowest BCUT2D eigenvalue weighted by atomic mass is 10.1.